The van der Waals surface area contributed by atoms with Gasteiger partial charge in [-0.15, -0.1) is 0 Å². The summed E-state index contributed by atoms with van der Waals surface area (Å²) in [6.07, 6.45) is 6.12. The fourth-order valence-electron chi connectivity index (χ4n) is 3.13. The highest BCUT2D eigenvalue weighted by atomic mass is 16.5. The average Bonchev–Trinajstić information content (AvgIpc) is 2.75. The molecule has 0 N–H and O–H groups in total. The molecule has 0 aliphatic heterocycles. The summed E-state index contributed by atoms with van der Waals surface area (Å²) in [7, 11) is 0. The molecule has 0 amide bonds. The minimum Gasteiger partial charge on any atom is -0.480 e. The van der Waals surface area contributed by atoms with Crippen molar-refractivity contribution in [2.45, 2.75) is 45.6 Å². The lowest BCUT2D eigenvalue weighted by atomic mass is 9.89. The van der Waals surface area contributed by atoms with Crippen molar-refractivity contribution in [1.29, 1.82) is 0 Å². The summed E-state index contributed by atoms with van der Waals surface area (Å²) >= 11 is 0. The molecule has 3 aliphatic carbocycles. The molecule has 2 unspecified atom stereocenters. The van der Waals surface area contributed by atoms with Crippen LogP contribution < -0.4 is 0 Å². The van der Waals surface area contributed by atoms with Crippen LogP contribution in [0, 0.1) is 11.8 Å². The minimum absolute atomic E-state index is 0.138. The van der Waals surface area contributed by atoms with Gasteiger partial charge in [0.15, 0.2) is 5.76 Å². The first kappa shape index (κ1) is 10.0. The van der Waals surface area contributed by atoms with Crippen LogP contribution >= 0.6 is 0 Å². The number of ether oxygens (including phenoxy) is 1. The van der Waals surface area contributed by atoms with Gasteiger partial charge in [0.1, 0.15) is 5.60 Å². The van der Waals surface area contributed by atoms with E-state index in [-0.39, 0.29) is 5.60 Å². The van der Waals surface area contributed by atoms with Crippen molar-refractivity contribution in [2.75, 3.05) is 0 Å². The predicted molar refractivity (Wildman–Crippen MR) is 63.8 cm³/mol. The molecule has 3 rings (SSSR count). The molecule has 16 heavy (non-hydrogen) atoms. The first-order valence-corrected chi connectivity index (χ1v) is 6.20. The fraction of sp³-hybridized carbons (Fsp3) is 0.600. The molecule has 1 fully saturated rings. The Morgan fingerprint density at radius 3 is 2.75 bits per heavy atom. The van der Waals surface area contributed by atoms with Crippen molar-refractivity contribution in [1.82, 2.24) is 0 Å². The van der Waals surface area contributed by atoms with Crippen LogP contribution in [0.15, 0.2) is 34.4 Å². The highest BCUT2D eigenvalue weighted by molar-refractivity contribution is 5.48. The molecule has 2 bridgehead atoms. The third kappa shape index (κ3) is 1.48. The van der Waals surface area contributed by atoms with Gasteiger partial charge in [-0.1, -0.05) is 5.73 Å². The summed E-state index contributed by atoms with van der Waals surface area (Å²) < 4.78 is 6.01. The van der Waals surface area contributed by atoms with Gasteiger partial charge in [0.25, 0.3) is 0 Å². The maximum Gasteiger partial charge on any atom is 0.174 e. The van der Waals surface area contributed by atoms with E-state index in [1.165, 1.54) is 30.4 Å². The van der Waals surface area contributed by atoms with Crippen LogP contribution in [0.4, 0.5) is 0 Å². The molecule has 84 valence electrons. The maximum atomic E-state index is 6.01. The largest absolute Gasteiger partial charge is 0.480 e. The third-order valence-electron chi connectivity index (χ3n) is 3.66. The van der Waals surface area contributed by atoms with Crippen molar-refractivity contribution >= 4 is 0 Å². The van der Waals surface area contributed by atoms with Gasteiger partial charge < -0.3 is 4.74 Å². The zero-order valence-corrected chi connectivity index (χ0v) is 10.3. The summed E-state index contributed by atoms with van der Waals surface area (Å²) in [5.41, 5.74) is 9.06. The summed E-state index contributed by atoms with van der Waals surface area (Å²) in [6, 6.07) is 0. The molecule has 0 spiro atoms. The van der Waals surface area contributed by atoms with Crippen molar-refractivity contribution in [3.63, 3.8) is 0 Å². The van der Waals surface area contributed by atoms with Gasteiger partial charge in [-0.05, 0) is 69.2 Å². The summed E-state index contributed by atoms with van der Waals surface area (Å²) in [4.78, 5) is 0. The van der Waals surface area contributed by atoms with E-state index in [0.717, 1.165) is 17.6 Å². The van der Waals surface area contributed by atoms with Gasteiger partial charge in [0.2, 0.25) is 0 Å². The Balaban J connectivity index is 1.98. The smallest absolute Gasteiger partial charge is 0.174 e. The van der Waals surface area contributed by atoms with Crippen molar-refractivity contribution in [3.05, 3.63) is 34.4 Å². The van der Waals surface area contributed by atoms with Crippen LogP contribution in [0.2, 0.25) is 0 Å². The van der Waals surface area contributed by atoms with E-state index < -0.39 is 0 Å². The lowest BCUT2D eigenvalue weighted by Gasteiger charge is -2.27. The molecular weight excluding hydrogens is 196 g/mol. The Hall–Kier alpha value is -1.16. The van der Waals surface area contributed by atoms with Crippen LogP contribution in [0.3, 0.4) is 0 Å². The van der Waals surface area contributed by atoms with Crippen molar-refractivity contribution in [2.24, 2.45) is 11.8 Å². The van der Waals surface area contributed by atoms with E-state index in [4.69, 9.17) is 4.74 Å². The van der Waals surface area contributed by atoms with E-state index in [1.54, 1.807) is 0 Å². The molecule has 1 heteroatoms. The molecule has 1 nitrogen and oxygen atoms in total. The molecule has 2 atom stereocenters. The number of fused-ring (bicyclic) bond motifs is 4. The zero-order valence-electron chi connectivity index (χ0n) is 10.3. The van der Waals surface area contributed by atoms with E-state index in [1.807, 2.05) is 0 Å². The van der Waals surface area contributed by atoms with Crippen LogP contribution in [-0.4, -0.2) is 5.60 Å². The normalized spacial score (nSPS) is 30.8. The van der Waals surface area contributed by atoms with Crippen LogP contribution in [0.5, 0.6) is 0 Å². The summed E-state index contributed by atoms with van der Waals surface area (Å²) in [5.74, 6) is 2.45. The van der Waals surface area contributed by atoms with E-state index in [0.29, 0.717) is 0 Å². The van der Waals surface area contributed by atoms with Gasteiger partial charge in [-0.2, -0.15) is 0 Å². The van der Waals surface area contributed by atoms with Gasteiger partial charge in [0.05, 0.1) is 0 Å². The molecule has 0 aromatic carbocycles. The standard InChI is InChI=1S/C15H18O/c1-15(2,3)16-13-6-4-5-12-10-7-8-11(9-10)14(12)13/h5,10-11H,7-9H2,1-3H3. The Morgan fingerprint density at radius 1 is 1.25 bits per heavy atom. The molecule has 1 saturated carbocycles. The number of allylic oxidation sites excluding steroid dienone is 3. The third-order valence-corrected chi connectivity index (χ3v) is 3.66. The lowest BCUT2D eigenvalue weighted by Crippen LogP contribution is -2.21. The minimum atomic E-state index is -0.138. The molecule has 0 radical (unpaired) electrons. The van der Waals surface area contributed by atoms with E-state index >= 15 is 0 Å². The second-order valence-corrected chi connectivity index (χ2v) is 6.03. The fourth-order valence-corrected chi connectivity index (χ4v) is 3.13. The SMILES string of the molecule is CC(C)(C)OC1=C=C=CC2=C1C1CCC2C1. The van der Waals surface area contributed by atoms with Crippen LogP contribution in [0.25, 0.3) is 0 Å². The highest BCUT2D eigenvalue weighted by Crippen LogP contribution is 2.52. The van der Waals surface area contributed by atoms with Gasteiger partial charge >= 0.3 is 0 Å². The van der Waals surface area contributed by atoms with Crippen molar-refractivity contribution < 1.29 is 4.74 Å². The number of rotatable bonds is 1. The lowest BCUT2D eigenvalue weighted by molar-refractivity contribution is 0.0555. The predicted octanol–water partition coefficient (Wildman–Crippen LogP) is 3.74. The molecule has 0 aromatic heterocycles. The Kier molecular flexibility index (Phi) is 1.98. The Bertz CT molecular complexity index is 460. The topological polar surface area (TPSA) is 9.23 Å². The second kappa shape index (κ2) is 3.17. The van der Waals surface area contributed by atoms with Crippen molar-refractivity contribution in [3.8, 4) is 0 Å². The van der Waals surface area contributed by atoms with Crippen LogP contribution in [-0.2, 0) is 4.74 Å². The van der Waals surface area contributed by atoms with Gasteiger partial charge in [0, 0.05) is 5.57 Å². The quantitative estimate of drug-likeness (QED) is 0.604. The van der Waals surface area contributed by atoms with E-state index in [2.05, 4.69) is 38.3 Å². The second-order valence-electron chi connectivity index (χ2n) is 6.03. The zero-order chi connectivity index (χ0) is 11.3. The molecular formula is C15H18O. The monoisotopic (exact) mass is 214 g/mol. The molecule has 3 aliphatic rings. The number of hydrogen-bond acceptors (Lipinski definition) is 1. The summed E-state index contributed by atoms with van der Waals surface area (Å²) in [5, 5.41) is 0. The van der Waals surface area contributed by atoms with E-state index in [9.17, 15) is 0 Å². The average molecular weight is 214 g/mol. The highest BCUT2D eigenvalue weighted by Gasteiger charge is 2.41. The first-order valence-electron chi connectivity index (χ1n) is 6.20. The Labute approximate surface area is 97.2 Å². The van der Waals surface area contributed by atoms with Crippen LogP contribution in [0.1, 0.15) is 40.0 Å². The number of hydrogen-bond donors (Lipinski definition) is 0. The van der Waals surface area contributed by atoms with Gasteiger partial charge in [-0.3, -0.25) is 0 Å². The van der Waals surface area contributed by atoms with Gasteiger partial charge in [-0.25, -0.2) is 0 Å². The Morgan fingerprint density at radius 2 is 2.00 bits per heavy atom. The molecule has 0 saturated heterocycles. The first-order chi connectivity index (χ1) is 7.54. The molecule has 0 aromatic rings. The maximum absolute atomic E-state index is 6.01. The molecule has 0 heterocycles. The summed E-state index contributed by atoms with van der Waals surface area (Å²) in [6.45, 7) is 6.27.